The number of alkyl carbamates (subject to hydrolysis) is 1. The van der Waals surface area contributed by atoms with Crippen LogP contribution in [0.25, 0.3) is 0 Å². The van der Waals surface area contributed by atoms with E-state index in [-0.39, 0.29) is 5.78 Å². The van der Waals surface area contributed by atoms with E-state index in [0.29, 0.717) is 12.8 Å². The fourth-order valence-corrected chi connectivity index (χ4v) is 1.03. The molecular weight excluding hydrogens is 170 g/mol. The minimum atomic E-state index is -0.545. The summed E-state index contributed by atoms with van der Waals surface area (Å²) >= 11 is 0. The van der Waals surface area contributed by atoms with Gasteiger partial charge in [0.15, 0.2) is 5.78 Å². The number of nitrogens with one attached hydrogen (secondary N) is 1. The Balaban J connectivity index is 4.01. The van der Waals surface area contributed by atoms with E-state index >= 15 is 0 Å². The summed E-state index contributed by atoms with van der Waals surface area (Å²) < 4.78 is 4.41. The third-order valence-electron chi connectivity index (χ3n) is 1.77. The molecule has 0 unspecified atom stereocenters. The molecule has 0 spiro atoms. The normalized spacial score (nSPS) is 11.9. The van der Waals surface area contributed by atoms with E-state index in [0.717, 1.165) is 6.42 Å². The van der Waals surface area contributed by atoms with Gasteiger partial charge in [-0.3, -0.25) is 4.79 Å². The van der Waals surface area contributed by atoms with E-state index in [1.54, 1.807) is 0 Å². The summed E-state index contributed by atoms with van der Waals surface area (Å²) in [6.07, 6.45) is 1.37. The summed E-state index contributed by atoms with van der Waals surface area (Å²) in [6.45, 7) is 3.79. The van der Waals surface area contributed by atoms with Crippen LogP contribution >= 0.6 is 0 Å². The molecule has 1 N–H and O–H groups in total. The molecule has 0 radical (unpaired) electrons. The maximum absolute atomic E-state index is 11.4. The first kappa shape index (κ1) is 11.9. The molecule has 0 aromatic rings. The third kappa shape index (κ3) is 4.50. The van der Waals surface area contributed by atoms with Crippen molar-refractivity contribution in [2.75, 3.05) is 7.11 Å². The number of methoxy groups -OCH3 is 1. The maximum Gasteiger partial charge on any atom is 0.407 e. The number of amides is 1. The topological polar surface area (TPSA) is 55.4 Å². The summed E-state index contributed by atoms with van der Waals surface area (Å²) in [4.78, 5) is 22.2. The SMILES string of the molecule is CCCC(=O)[C@@H](CC)NC(=O)OC. The van der Waals surface area contributed by atoms with Crippen LogP contribution < -0.4 is 5.32 Å². The fraction of sp³-hybridized carbons (Fsp3) is 0.778. The average Bonchev–Trinajstić information content (AvgIpc) is 2.14. The second kappa shape index (κ2) is 6.46. The summed E-state index contributed by atoms with van der Waals surface area (Å²) in [7, 11) is 1.28. The number of hydrogen-bond donors (Lipinski definition) is 1. The Morgan fingerprint density at radius 3 is 2.38 bits per heavy atom. The van der Waals surface area contributed by atoms with E-state index in [1.807, 2.05) is 13.8 Å². The van der Waals surface area contributed by atoms with Gasteiger partial charge in [0, 0.05) is 6.42 Å². The van der Waals surface area contributed by atoms with Crippen LogP contribution in [0, 0.1) is 0 Å². The van der Waals surface area contributed by atoms with Gasteiger partial charge < -0.3 is 10.1 Å². The number of hydrogen-bond acceptors (Lipinski definition) is 3. The Kier molecular flexibility index (Phi) is 5.93. The summed E-state index contributed by atoms with van der Waals surface area (Å²) in [5, 5.41) is 2.49. The van der Waals surface area contributed by atoms with E-state index < -0.39 is 12.1 Å². The molecule has 0 rings (SSSR count). The highest BCUT2D eigenvalue weighted by atomic mass is 16.5. The van der Waals surface area contributed by atoms with E-state index in [2.05, 4.69) is 10.1 Å². The molecule has 0 saturated carbocycles. The van der Waals surface area contributed by atoms with Gasteiger partial charge >= 0.3 is 6.09 Å². The van der Waals surface area contributed by atoms with Gasteiger partial charge in [-0.25, -0.2) is 4.79 Å². The number of carbonyl (C=O) groups excluding carboxylic acids is 2. The Morgan fingerprint density at radius 1 is 1.38 bits per heavy atom. The predicted molar refractivity (Wildman–Crippen MR) is 49.5 cm³/mol. The van der Waals surface area contributed by atoms with Gasteiger partial charge in [0.05, 0.1) is 13.2 Å². The summed E-state index contributed by atoms with van der Waals surface area (Å²) in [6, 6.07) is -0.396. The first-order chi connectivity index (χ1) is 6.15. The number of Topliss-reactive ketones (excluding diaryl/α,β-unsaturated/α-hetero) is 1. The largest absolute Gasteiger partial charge is 0.453 e. The van der Waals surface area contributed by atoms with Crippen molar-refractivity contribution in [3.8, 4) is 0 Å². The second-order valence-corrected chi connectivity index (χ2v) is 2.81. The molecule has 0 aromatic carbocycles. The van der Waals surface area contributed by atoms with Crippen molar-refractivity contribution in [1.29, 1.82) is 0 Å². The van der Waals surface area contributed by atoms with Gasteiger partial charge in [-0.1, -0.05) is 13.8 Å². The molecule has 0 heterocycles. The van der Waals surface area contributed by atoms with Gasteiger partial charge in [-0.2, -0.15) is 0 Å². The highest BCUT2D eigenvalue weighted by Gasteiger charge is 2.17. The van der Waals surface area contributed by atoms with Crippen molar-refractivity contribution < 1.29 is 14.3 Å². The minimum Gasteiger partial charge on any atom is -0.453 e. The first-order valence-electron chi connectivity index (χ1n) is 4.52. The lowest BCUT2D eigenvalue weighted by molar-refractivity contribution is -0.121. The molecule has 0 fully saturated rings. The minimum absolute atomic E-state index is 0.0652. The molecule has 0 aliphatic heterocycles. The van der Waals surface area contributed by atoms with Crippen LogP contribution in [0.1, 0.15) is 33.1 Å². The lowest BCUT2D eigenvalue weighted by atomic mass is 10.1. The zero-order valence-electron chi connectivity index (χ0n) is 8.42. The molecule has 76 valence electrons. The summed E-state index contributed by atoms with van der Waals surface area (Å²) in [5.41, 5.74) is 0. The zero-order valence-corrected chi connectivity index (χ0v) is 8.42. The van der Waals surface area contributed by atoms with E-state index in [1.165, 1.54) is 7.11 Å². The molecule has 0 saturated heterocycles. The Labute approximate surface area is 78.6 Å². The molecule has 0 aliphatic rings. The van der Waals surface area contributed by atoms with Crippen molar-refractivity contribution in [3.63, 3.8) is 0 Å². The smallest absolute Gasteiger partial charge is 0.407 e. The molecule has 13 heavy (non-hydrogen) atoms. The lowest BCUT2D eigenvalue weighted by Gasteiger charge is -2.13. The van der Waals surface area contributed by atoms with Crippen molar-refractivity contribution in [2.45, 2.75) is 39.2 Å². The quantitative estimate of drug-likeness (QED) is 0.709. The summed E-state index contributed by atoms with van der Waals surface area (Å²) in [5.74, 6) is 0.0652. The van der Waals surface area contributed by atoms with Crippen LogP contribution in [0.15, 0.2) is 0 Å². The standard InChI is InChI=1S/C9H17NO3/c1-4-6-8(11)7(5-2)10-9(12)13-3/h7H,4-6H2,1-3H3,(H,10,12)/t7-/m1/s1. The number of ketones is 1. The van der Waals surface area contributed by atoms with E-state index in [9.17, 15) is 9.59 Å². The zero-order chi connectivity index (χ0) is 10.3. The Hall–Kier alpha value is -1.06. The highest BCUT2D eigenvalue weighted by molar-refractivity contribution is 5.87. The molecule has 4 nitrogen and oxygen atoms in total. The molecule has 0 bridgehead atoms. The molecule has 4 heteroatoms. The van der Waals surface area contributed by atoms with Gasteiger partial charge in [0.2, 0.25) is 0 Å². The average molecular weight is 187 g/mol. The van der Waals surface area contributed by atoms with E-state index in [4.69, 9.17) is 0 Å². The van der Waals surface area contributed by atoms with Crippen LogP contribution in [0.2, 0.25) is 0 Å². The van der Waals surface area contributed by atoms with Crippen molar-refractivity contribution in [3.05, 3.63) is 0 Å². The van der Waals surface area contributed by atoms with Gasteiger partial charge in [-0.15, -0.1) is 0 Å². The molecule has 0 aromatic heterocycles. The maximum atomic E-state index is 11.4. The van der Waals surface area contributed by atoms with Gasteiger partial charge in [0.25, 0.3) is 0 Å². The van der Waals surface area contributed by atoms with Crippen LogP contribution in [-0.4, -0.2) is 25.0 Å². The number of rotatable bonds is 5. The molecule has 1 amide bonds. The predicted octanol–water partition coefficient (Wildman–Crippen LogP) is 1.49. The highest BCUT2D eigenvalue weighted by Crippen LogP contribution is 1.99. The molecule has 1 atom stereocenters. The van der Waals surface area contributed by atoms with Crippen LogP contribution in [0.5, 0.6) is 0 Å². The third-order valence-corrected chi connectivity index (χ3v) is 1.77. The first-order valence-corrected chi connectivity index (χ1v) is 4.52. The van der Waals surface area contributed by atoms with Crippen molar-refractivity contribution >= 4 is 11.9 Å². The van der Waals surface area contributed by atoms with Gasteiger partial charge in [0.1, 0.15) is 0 Å². The van der Waals surface area contributed by atoms with Crippen molar-refractivity contribution in [2.24, 2.45) is 0 Å². The lowest BCUT2D eigenvalue weighted by Crippen LogP contribution is -2.40. The molecule has 0 aliphatic carbocycles. The van der Waals surface area contributed by atoms with Crippen LogP contribution in [-0.2, 0) is 9.53 Å². The number of carbonyl (C=O) groups is 2. The second-order valence-electron chi connectivity index (χ2n) is 2.81. The monoisotopic (exact) mass is 187 g/mol. The van der Waals surface area contributed by atoms with Crippen LogP contribution in [0.4, 0.5) is 4.79 Å². The van der Waals surface area contributed by atoms with Crippen LogP contribution in [0.3, 0.4) is 0 Å². The number of ether oxygens (including phenoxy) is 1. The molecular formula is C9H17NO3. The van der Waals surface area contributed by atoms with Gasteiger partial charge in [-0.05, 0) is 12.8 Å². The van der Waals surface area contributed by atoms with Crippen molar-refractivity contribution in [1.82, 2.24) is 5.32 Å². The Bertz CT molecular complexity index is 180. The fourth-order valence-electron chi connectivity index (χ4n) is 1.03. The Morgan fingerprint density at radius 2 is 2.00 bits per heavy atom.